The quantitative estimate of drug-likeness (QED) is 0.756. The Bertz CT molecular complexity index is 564. The van der Waals surface area contributed by atoms with Crippen LogP contribution >= 0.6 is 0 Å². The largest absolute Gasteiger partial charge is 0.496 e. The summed E-state index contributed by atoms with van der Waals surface area (Å²) in [5, 5.41) is 0. The third kappa shape index (κ3) is 4.00. The fourth-order valence-corrected chi connectivity index (χ4v) is 2.41. The molecule has 1 unspecified atom stereocenters. The molecule has 0 aliphatic rings. The van der Waals surface area contributed by atoms with Gasteiger partial charge in [0.05, 0.1) is 13.0 Å². The van der Waals surface area contributed by atoms with E-state index < -0.39 is 12.1 Å². The van der Waals surface area contributed by atoms with E-state index in [4.69, 9.17) is 4.74 Å². The van der Waals surface area contributed by atoms with E-state index in [9.17, 15) is 13.2 Å². The molecule has 0 amide bonds. The number of aryl methyl sites for hydroxylation is 1. The number of alkyl halides is 3. The number of ether oxygens (including phenoxy) is 1. The summed E-state index contributed by atoms with van der Waals surface area (Å²) in [7, 11) is 1.39. The summed E-state index contributed by atoms with van der Waals surface area (Å²) in [5.41, 5.74) is 1.10. The summed E-state index contributed by atoms with van der Waals surface area (Å²) in [6.07, 6.45) is -3.90. The van der Waals surface area contributed by atoms with Gasteiger partial charge in [0.25, 0.3) is 0 Å². The van der Waals surface area contributed by atoms with Crippen LogP contribution in [0.3, 0.4) is 0 Å². The molecule has 0 aromatic heterocycles. The molecular formula is C17H17F3O. The molecule has 0 saturated carbocycles. The van der Waals surface area contributed by atoms with Gasteiger partial charge in [0.15, 0.2) is 0 Å². The van der Waals surface area contributed by atoms with Gasteiger partial charge in [0.2, 0.25) is 0 Å². The molecule has 0 heterocycles. The van der Waals surface area contributed by atoms with Crippen molar-refractivity contribution in [2.45, 2.75) is 24.9 Å². The molecule has 21 heavy (non-hydrogen) atoms. The highest BCUT2D eigenvalue weighted by atomic mass is 19.4. The number of hydrogen-bond donors (Lipinski definition) is 0. The zero-order valence-corrected chi connectivity index (χ0v) is 11.7. The van der Waals surface area contributed by atoms with Gasteiger partial charge < -0.3 is 4.74 Å². The minimum atomic E-state index is -4.29. The number of halogens is 3. The van der Waals surface area contributed by atoms with Crippen LogP contribution in [0.15, 0.2) is 54.6 Å². The maximum Gasteiger partial charge on any atom is 0.395 e. The molecule has 112 valence electrons. The maximum atomic E-state index is 13.4. The summed E-state index contributed by atoms with van der Waals surface area (Å²) in [4.78, 5) is 0. The van der Waals surface area contributed by atoms with Gasteiger partial charge in [-0.2, -0.15) is 13.2 Å². The van der Waals surface area contributed by atoms with Crippen molar-refractivity contribution < 1.29 is 17.9 Å². The maximum absolute atomic E-state index is 13.4. The van der Waals surface area contributed by atoms with E-state index in [-0.39, 0.29) is 17.7 Å². The first kappa shape index (κ1) is 15.4. The molecule has 1 nitrogen and oxygen atoms in total. The van der Waals surface area contributed by atoms with Crippen LogP contribution in [0, 0.1) is 0 Å². The van der Waals surface area contributed by atoms with Crippen molar-refractivity contribution in [3.63, 3.8) is 0 Å². The van der Waals surface area contributed by atoms with Crippen molar-refractivity contribution in [2.24, 2.45) is 0 Å². The number of rotatable bonds is 5. The van der Waals surface area contributed by atoms with Gasteiger partial charge in [0, 0.05) is 5.56 Å². The summed E-state index contributed by atoms with van der Waals surface area (Å²) >= 11 is 0. The first-order valence-electron chi connectivity index (χ1n) is 6.76. The fraction of sp³-hybridized carbons (Fsp3) is 0.294. The van der Waals surface area contributed by atoms with Crippen LogP contribution in [0.4, 0.5) is 13.2 Å². The lowest BCUT2D eigenvalue weighted by Crippen LogP contribution is -2.22. The molecule has 0 N–H and O–H groups in total. The lowest BCUT2D eigenvalue weighted by atomic mass is 9.91. The van der Waals surface area contributed by atoms with Crippen LogP contribution in [-0.4, -0.2) is 13.3 Å². The third-order valence-electron chi connectivity index (χ3n) is 3.47. The molecule has 0 fully saturated rings. The first-order chi connectivity index (χ1) is 10.0. The second-order valence-electron chi connectivity index (χ2n) is 4.86. The van der Waals surface area contributed by atoms with Gasteiger partial charge in [-0.3, -0.25) is 0 Å². The van der Waals surface area contributed by atoms with Crippen LogP contribution in [0.25, 0.3) is 0 Å². The second kappa shape index (κ2) is 6.66. The molecule has 2 aromatic carbocycles. The first-order valence-corrected chi connectivity index (χ1v) is 6.76. The van der Waals surface area contributed by atoms with Crippen molar-refractivity contribution in [1.29, 1.82) is 0 Å². The Balaban J connectivity index is 2.23. The molecule has 0 saturated heterocycles. The Morgan fingerprint density at radius 1 is 0.952 bits per heavy atom. The van der Waals surface area contributed by atoms with Gasteiger partial charge in [0.1, 0.15) is 5.75 Å². The van der Waals surface area contributed by atoms with Crippen LogP contribution in [-0.2, 0) is 6.42 Å². The molecule has 1 atom stereocenters. The van der Waals surface area contributed by atoms with E-state index >= 15 is 0 Å². The zero-order valence-electron chi connectivity index (χ0n) is 11.7. The number of methoxy groups -OCH3 is 1. The highest BCUT2D eigenvalue weighted by Gasteiger charge is 2.41. The van der Waals surface area contributed by atoms with Crippen molar-refractivity contribution in [3.05, 3.63) is 65.7 Å². The molecule has 0 aliphatic carbocycles. The van der Waals surface area contributed by atoms with Crippen molar-refractivity contribution in [3.8, 4) is 5.75 Å². The average Bonchev–Trinajstić information content (AvgIpc) is 2.47. The van der Waals surface area contributed by atoms with Crippen molar-refractivity contribution in [1.82, 2.24) is 0 Å². The van der Waals surface area contributed by atoms with Crippen molar-refractivity contribution >= 4 is 0 Å². The van der Waals surface area contributed by atoms with Crippen LogP contribution in [0.5, 0.6) is 5.75 Å². The van der Waals surface area contributed by atoms with E-state index in [0.29, 0.717) is 6.42 Å². The van der Waals surface area contributed by atoms with E-state index in [2.05, 4.69) is 0 Å². The van der Waals surface area contributed by atoms with Gasteiger partial charge in [-0.05, 0) is 24.5 Å². The minimum absolute atomic E-state index is 0.00782. The second-order valence-corrected chi connectivity index (χ2v) is 4.86. The topological polar surface area (TPSA) is 9.23 Å². The van der Waals surface area contributed by atoms with E-state index in [1.807, 2.05) is 30.3 Å². The Morgan fingerprint density at radius 3 is 2.19 bits per heavy atom. The molecule has 4 heteroatoms. The normalized spacial score (nSPS) is 13.0. The number of para-hydroxylation sites is 1. The van der Waals surface area contributed by atoms with E-state index in [1.165, 1.54) is 13.2 Å². The Hall–Kier alpha value is -1.97. The molecule has 0 bridgehead atoms. The SMILES string of the molecule is COc1ccccc1C(CCc1ccccc1)C(F)(F)F. The van der Waals surface area contributed by atoms with Crippen LogP contribution in [0.1, 0.15) is 23.5 Å². The van der Waals surface area contributed by atoms with Crippen LogP contribution in [0.2, 0.25) is 0 Å². The molecule has 2 rings (SSSR count). The van der Waals surface area contributed by atoms with Gasteiger partial charge in [-0.25, -0.2) is 0 Å². The van der Waals surface area contributed by atoms with Gasteiger partial charge in [-0.15, -0.1) is 0 Å². The van der Waals surface area contributed by atoms with Crippen molar-refractivity contribution in [2.75, 3.05) is 7.11 Å². The zero-order chi connectivity index (χ0) is 15.3. The molecule has 0 spiro atoms. The Morgan fingerprint density at radius 2 is 1.57 bits per heavy atom. The lowest BCUT2D eigenvalue weighted by Gasteiger charge is -2.22. The smallest absolute Gasteiger partial charge is 0.395 e. The van der Waals surface area contributed by atoms with E-state index in [0.717, 1.165) is 5.56 Å². The predicted octanol–water partition coefficient (Wildman–Crippen LogP) is 4.97. The summed E-state index contributed by atoms with van der Waals surface area (Å²) in [6, 6.07) is 15.5. The molecule has 0 aliphatic heterocycles. The molecule has 0 radical (unpaired) electrons. The van der Waals surface area contributed by atoms with Gasteiger partial charge >= 0.3 is 6.18 Å². The average molecular weight is 294 g/mol. The van der Waals surface area contributed by atoms with E-state index in [1.54, 1.807) is 18.2 Å². The number of benzene rings is 2. The highest BCUT2D eigenvalue weighted by Crippen LogP contribution is 2.41. The summed E-state index contributed by atoms with van der Waals surface area (Å²) in [6.45, 7) is 0. The Kier molecular flexibility index (Phi) is 4.89. The molecule has 2 aromatic rings. The minimum Gasteiger partial charge on any atom is -0.496 e. The van der Waals surface area contributed by atoms with Crippen LogP contribution < -0.4 is 4.74 Å². The third-order valence-corrected chi connectivity index (χ3v) is 3.47. The molecular weight excluding hydrogens is 277 g/mol. The fourth-order valence-electron chi connectivity index (χ4n) is 2.41. The summed E-state index contributed by atoms with van der Waals surface area (Å²) < 4.78 is 45.2. The number of hydrogen-bond acceptors (Lipinski definition) is 1. The monoisotopic (exact) mass is 294 g/mol. The summed E-state index contributed by atoms with van der Waals surface area (Å²) in [5.74, 6) is -1.23. The lowest BCUT2D eigenvalue weighted by molar-refractivity contribution is -0.152. The highest BCUT2D eigenvalue weighted by molar-refractivity contribution is 5.37. The van der Waals surface area contributed by atoms with Gasteiger partial charge in [-0.1, -0.05) is 48.5 Å². The predicted molar refractivity (Wildman–Crippen MR) is 76.6 cm³/mol. The standard InChI is InChI=1S/C17H17F3O/c1-21-16-10-6-5-9-14(16)15(17(18,19)20)12-11-13-7-3-2-4-8-13/h2-10,15H,11-12H2,1H3. The Labute approximate surface area is 122 Å².